The zero-order valence-electron chi connectivity index (χ0n) is 12.9. The molecule has 1 aromatic carbocycles. The topological polar surface area (TPSA) is 9.23 Å². The minimum absolute atomic E-state index is 0. The van der Waals surface area contributed by atoms with Crippen molar-refractivity contribution in [2.75, 3.05) is 0 Å². The molecule has 1 aromatic rings. The molecule has 1 aliphatic carbocycles. The maximum absolute atomic E-state index is 5.98. The largest absolute Gasteiger partial charge is 1.00 e. The molecule has 0 saturated carbocycles. The summed E-state index contributed by atoms with van der Waals surface area (Å²) in [5, 5.41) is 0. The third-order valence-corrected chi connectivity index (χ3v) is 4.27. The van der Waals surface area contributed by atoms with Crippen molar-refractivity contribution < 1.29 is 50.0 Å². The fraction of sp³-hybridized carbons (Fsp3) is 0.412. The molecule has 0 spiro atoms. The Morgan fingerprint density at radius 1 is 1.14 bits per heavy atom. The average molecular weight is 360 g/mol. The summed E-state index contributed by atoms with van der Waals surface area (Å²) in [5.41, 5.74) is 2.68. The van der Waals surface area contributed by atoms with Crippen LogP contribution in [0.5, 0.6) is 5.75 Å². The SMILES string of the molecule is CC(C)Oc1ccccc1C(C)(C)C1=[C]([Ti+2])CC=C1.[Cl-].[Cl-]. The van der Waals surface area contributed by atoms with E-state index >= 15 is 0 Å². The maximum Gasteiger partial charge on any atom is -1.00 e. The molecule has 2 rings (SSSR count). The normalized spacial score (nSPS) is 14.0. The Kier molecular flexibility index (Phi) is 8.35. The van der Waals surface area contributed by atoms with Crippen LogP contribution in [0.1, 0.15) is 39.7 Å². The molecule has 0 aromatic heterocycles. The van der Waals surface area contributed by atoms with Gasteiger partial charge in [0.1, 0.15) is 0 Å². The Balaban J connectivity index is 0.00000200. The number of halogens is 2. The third-order valence-electron chi connectivity index (χ3n) is 3.53. The van der Waals surface area contributed by atoms with Crippen LogP contribution in [0, 0.1) is 0 Å². The maximum atomic E-state index is 5.98. The summed E-state index contributed by atoms with van der Waals surface area (Å²) in [6.07, 6.45) is 5.79. The predicted octanol–water partition coefficient (Wildman–Crippen LogP) is -1.48. The van der Waals surface area contributed by atoms with E-state index in [-0.39, 0.29) is 36.3 Å². The van der Waals surface area contributed by atoms with Gasteiger partial charge in [0.15, 0.2) is 0 Å². The van der Waals surface area contributed by atoms with Crippen molar-refractivity contribution >= 4 is 0 Å². The van der Waals surface area contributed by atoms with Crippen LogP contribution in [-0.2, 0) is 25.9 Å². The summed E-state index contributed by atoms with van der Waals surface area (Å²) in [4.78, 5) is 0. The zero-order valence-corrected chi connectivity index (χ0v) is 16.0. The van der Waals surface area contributed by atoms with Gasteiger partial charge >= 0.3 is 128 Å². The van der Waals surface area contributed by atoms with Gasteiger partial charge in [-0.3, -0.25) is 0 Å². The molecule has 1 nitrogen and oxygen atoms in total. The molecule has 21 heavy (non-hydrogen) atoms. The van der Waals surface area contributed by atoms with Crippen molar-refractivity contribution in [1.29, 1.82) is 0 Å². The molecule has 113 valence electrons. The van der Waals surface area contributed by atoms with Crippen LogP contribution >= 0.6 is 0 Å². The number of allylic oxidation sites excluding steroid dienone is 4. The molecule has 4 heteroatoms. The second-order valence-electron chi connectivity index (χ2n) is 5.79. The number of hydrogen-bond acceptors (Lipinski definition) is 1. The molecule has 0 saturated heterocycles. The van der Waals surface area contributed by atoms with Crippen LogP contribution in [0.3, 0.4) is 0 Å². The third kappa shape index (κ3) is 4.63. The summed E-state index contributed by atoms with van der Waals surface area (Å²) in [6.45, 7) is 8.71. The summed E-state index contributed by atoms with van der Waals surface area (Å²) in [6, 6.07) is 8.40. The average Bonchev–Trinajstić information content (AvgIpc) is 2.76. The van der Waals surface area contributed by atoms with Crippen LogP contribution in [0.2, 0.25) is 0 Å². The van der Waals surface area contributed by atoms with Crippen molar-refractivity contribution in [3.8, 4) is 5.75 Å². The number of rotatable bonds is 4. The Hall–Kier alpha value is -0.206. The Morgan fingerprint density at radius 3 is 2.29 bits per heavy atom. The number of hydrogen-bond donors (Lipinski definition) is 0. The second-order valence-corrected chi connectivity index (χ2v) is 6.73. The van der Waals surface area contributed by atoms with Crippen LogP contribution in [-0.4, -0.2) is 6.10 Å². The second kappa shape index (κ2) is 8.43. The molecule has 0 amide bonds. The van der Waals surface area contributed by atoms with Crippen LogP contribution in [0.25, 0.3) is 0 Å². The molecule has 0 N–H and O–H groups in total. The van der Waals surface area contributed by atoms with Gasteiger partial charge < -0.3 is 24.8 Å². The van der Waals surface area contributed by atoms with Crippen molar-refractivity contribution in [2.24, 2.45) is 0 Å². The van der Waals surface area contributed by atoms with Gasteiger partial charge in [-0.15, -0.1) is 0 Å². The van der Waals surface area contributed by atoms with Gasteiger partial charge in [0.05, 0.1) is 0 Å². The molecule has 0 unspecified atom stereocenters. The fourth-order valence-electron chi connectivity index (χ4n) is 2.58. The molecule has 0 atom stereocenters. The molecular weight excluding hydrogens is 339 g/mol. The van der Waals surface area contributed by atoms with Gasteiger partial charge in [-0.05, 0) is 0 Å². The van der Waals surface area contributed by atoms with E-state index in [0.717, 1.165) is 12.2 Å². The molecule has 0 heterocycles. The first-order valence-corrected chi connectivity index (χ1v) is 7.59. The van der Waals surface area contributed by atoms with Crippen molar-refractivity contribution in [1.82, 2.24) is 0 Å². The van der Waals surface area contributed by atoms with Gasteiger partial charge in [0.2, 0.25) is 0 Å². The smallest absolute Gasteiger partial charge is 1.00 e. The van der Waals surface area contributed by atoms with Gasteiger partial charge in [0, 0.05) is 0 Å². The molecule has 0 bridgehead atoms. The van der Waals surface area contributed by atoms with E-state index in [9.17, 15) is 0 Å². The van der Waals surface area contributed by atoms with Crippen molar-refractivity contribution in [3.63, 3.8) is 0 Å². The van der Waals surface area contributed by atoms with Crippen molar-refractivity contribution in [3.05, 3.63) is 51.4 Å². The first-order chi connectivity index (χ1) is 8.93. The minimum Gasteiger partial charge on any atom is -1.00 e. The van der Waals surface area contributed by atoms with Crippen LogP contribution in [0.15, 0.2) is 45.9 Å². The Morgan fingerprint density at radius 2 is 1.76 bits per heavy atom. The first-order valence-electron chi connectivity index (χ1n) is 6.81. The first kappa shape index (κ1) is 20.8. The molecule has 0 aliphatic heterocycles. The minimum atomic E-state index is -0.0113. The molecule has 0 radical (unpaired) electrons. The molecule has 0 fully saturated rings. The van der Waals surface area contributed by atoms with Gasteiger partial charge in [-0.1, -0.05) is 0 Å². The zero-order chi connectivity index (χ0) is 14.0. The quantitative estimate of drug-likeness (QED) is 0.596. The molecule has 1 aliphatic rings. The van der Waals surface area contributed by atoms with E-state index in [1.807, 2.05) is 6.07 Å². The Labute approximate surface area is 152 Å². The molecular formula is C17H21Cl2OTi. The van der Waals surface area contributed by atoms with Crippen LogP contribution < -0.4 is 29.6 Å². The number of benzene rings is 1. The summed E-state index contributed by atoms with van der Waals surface area (Å²) < 4.78 is 7.44. The van der Waals surface area contributed by atoms with E-state index in [2.05, 4.69) is 78.5 Å². The van der Waals surface area contributed by atoms with E-state index in [1.54, 1.807) is 0 Å². The van der Waals surface area contributed by atoms with Gasteiger partial charge in [-0.2, -0.15) is 0 Å². The summed E-state index contributed by atoms with van der Waals surface area (Å²) in [7, 11) is 0. The monoisotopic (exact) mass is 359 g/mol. The van der Waals surface area contributed by atoms with E-state index in [1.165, 1.54) is 15.0 Å². The van der Waals surface area contributed by atoms with Crippen LogP contribution in [0.4, 0.5) is 0 Å². The summed E-state index contributed by atoms with van der Waals surface area (Å²) >= 11 is 2.23. The summed E-state index contributed by atoms with van der Waals surface area (Å²) in [5.74, 6) is 1.00. The van der Waals surface area contributed by atoms with E-state index in [4.69, 9.17) is 4.74 Å². The van der Waals surface area contributed by atoms with Crippen molar-refractivity contribution in [2.45, 2.75) is 45.6 Å². The van der Waals surface area contributed by atoms with E-state index < -0.39 is 0 Å². The van der Waals surface area contributed by atoms with E-state index in [0.29, 0.717) is 0 Å². The number of para-hydroxylation sites is 1. The van der Waals surface area contributed by atoms with Gasteiger partial charge in [0.25, 0.3) is 0 Å². The standard InChI is InChI=1S/C17H21O.2ClH.Ti/c1-13(2)18-16-12-8-7-11-15(16)17(3,4)14-9-5-6-10-14;;;/h5,7-9,11-13H,6H2,1-4H3;2*1H;/q;;;+2/p-2. The number of ether oxygens (including phenoxy) is 1. The predicted molar refractivity (Wildman–Crippen MR) is 76.0 cm³/mol. The fourth-order valence-corrected chi connectivity index (χ4v) is 3.38. The Bertz CT molecular complexity index is 533. The van der Waals surface area contributed by atoms with Gasteiger partial charge in [-0.25, -0.2) is 0 Å².